The molecular formula is C16H22O2S2. The molecule has 1 aliphatic rings. The van der Waals surface area contributed by atoms with Crippen LogP contribution in [0.1, 0.15) is 49.4 Å². The van der Waals surface area contributed by atoms with E-state index in [0.717, 1.165) is 29.6 Å². The van der Waals surface area contributed by atoms with Crippen LogP contribution in [-0.4, -0.2) is 23.4 Å². The van der Waals surface area contributed by atoms with Gasteiger partial charge in [-0.25, -0.2) is 0 Å². The highest BCUT2D eigenvalue weighted by Gasteiger charge is 2.15. The molecule has 4 heteroatoms. The first kappa shape index (κ1) is 15.8. The van der Waals surface area contributed by atoms with Crippen LogP contribution < -0.4 is 4.74 Å². The summed E-state index contributed by atoms with van der Waals surface area (Å²) >= 11 is 0. The predicted octanol–water partition coefficient (Wildman–Crippen LogP) is 4.98. The average molecular weight is 310 g/mol. The summed E-state index contributed by atoms with van der Waals surface area (Å²) in [5.74, 6) is 2.28. The molecule has 0 N–H and O–H groups in total. The van der Waals surface area contributed by atoms with Crippen LogP contribution in [0.4, 0.5) is 0 Å². The molecule has 110 valence electrons. The largest absolute Gasteiger partial charge is 0.494 e. The zero-order chi connectivity index (χ0) is 14.2. The van der Waals surface area contributed by atoms with Gasteiger partial charge in [-0.1, -0.05) is 34.4 Å². The Morgan fingerprint density at radius 3 is 2.70 bits per heavy atom. The molecule has 1 aliphatic heterocycles. The van der Waals surface area contributed by atoms with Crippen LogP contribution in [0.5, 0.6) is 5.75 Å². The number of ether oxygens (including phenoxy) is 1. The first-order valence-corrected chi connectivity index (χ1v) is 9.66. The zero-order valence-corrected chi connectivity index (χ0v) is 13.6. The van der Waals surface area contributed by atoms with Crippen molar-refractivity contribution in [2.75, 3.05) is 12.4 Å². The highest BCUT2D eigenvalue weighted by atomic mass is 33.1. The third-order valence-electron chi connectivity index (χ3n) is 3.43. The molecular weight excluding hydrogens is 288 g/mol. The highest BCUT2D eigenvalue weighted by molar-refractivity contribution is 8.77. The molecule has 0 amide bonds. The Morgan fingerprint density at radius 2 is 2.05 bits per heavy atom. The molecule has 1 aromatic rings. The molecule has 2 nitrogen and oxygen atoms in total. The van der Waals surface area contributed by atoms with Gasteiger partial charge in [0, 0.05) is 16.6 Å². The van der Waals surface area contributed by atoms with Crippen molar-refractivity contribution in [3.63, 3.8) is 0 Å². The monoisotopic (exact) mass is 310 g/mol. The summed E-state index contributed by atoms with van der Waals surface area (Å²) < 4.78 is 5.69. The summed E-state index contributed by atoms with van der Waals surface area (Å²) in [6.07, 6.45) is 6.40. The molecule has 2 rings (SSSR count). The second-order valence-corrected chi connectivity index (χ2v) is 7.89. The summed E-state index contributed by atoms with van der Waals surface area (Å²) in [4.78, 5) is 11.2. The predicted molar refractivity (Wildman–Crippen MR) is 88.9 cm³/mol. The maximum absolute atomic E-state index is 11.2. The third kappa shape index (κ3) is 5.41. The number of hydrogen-bond acceptors (Lipinski definition) is 4. The van der Waals surface area contributed by atoms with Crippen molar-refractivity contribution in [1.82, 2.24) is 0 Å². The Hall–Kier alpha value is -0.610. The molecule has 1 fully saturated rings. The quantitative estimate of drug-likeness (QED) is 0.384. The van der Waals surface area contributed by atoms with Gasteiger partial charge in [-0.2, -0.15) is 0 Å². The van der Waals surface area contributed by atoms with Crippen LogP contribution in [0.25, 0.3) is 0 Å². The Labute approximate surface area is 129 Å². The molecule has 0 saturated carbocycles. The Morgan fingerprint density at radius 1 is 1.25 bits per heavy atom. The molecule has 0 aliphatic carbocycles. The van der Waals surface area contributed by atoms with E-state index < -0.39 is 0 Å². The summed E-state index contributed by atoms with van der Waals surface area (Å²) in [5, 5.41) is 0.889. The number of unbranched alkanes of at least 4 members (excludes halogenated alkanes) is 2. The normalized spacial score (nSPS) is 18.1. The smallest absolute Gasteiger partial charge is 0.159 e. The van der Waals surface area contributed by atoms with Crippen LogP contribution >= 0.6 is 21.6 Å². The van der Waals surface area contributed by atoms with Crippen molar-refractivity contribution in [2.24, 2.45) is 0 Å². The van der Waals surface area contributed by atoms with Crippen molar-refractivity contribution in [3.8, 4) is 5.75 Å². The molecule has 1 saturated heterocycles. The summed E-state index contributed by atoms with van der Waals surface area (Å²) in [7, 11) is 4.08. The first-order valence-electron chi connectivity index (χ1n) is 7.28. The number of hydrogen-bond donors (Lipinski definition) is 0. The first-order chi connectivity index (χ1) is 9.75. The molecule has 0 spiro atoms. The number of rotatable bonds is 8. The van der Waals surface area contributed by atoms with E-state index in [2.05, 4.69) is 10.8 Å². The molecule has 1 unspecified atom stereocenters. The van der Waals surface area contributed by atoms with Crippen molar-refractivity contribution in [2.45, 2.75) is 44.3 Å². The van der Waals surface area contributed by atoms with Crippen LogP contribution in [0.2, 0.25) is 0 Å². The number of benzene rings is 1. The highest BCUT2D eigenvalue weighted by Crippen LogP contribution is 2.39. The number of Topliss-reactive ketones (excluding diaryl/α,β-unsaturated/α-hetero) is 1. The van der Waals surface area contributed by atoms with Crippen LogP contribution in [-0.2, 0) is 0 Å². The van der Waals surface area contributed by atoms with E-state index in [0.29, 0.717) is 0 Å². The maximum Gasteiger partial charge on any atom is 0.159 e. The van der Waals surface area contributed by atoms with Gasteiger partial charge in [-0.05, 0) is 50.5 Å². The minimum atomic E-state index is 0.0968. The number of ketones is 1. The van der Waals surface area contributed by atoms with E-state index in [1.54, 1.807) is 6.92 Å². The van der Waals surface area contributed by atoms with Gasteiger partial charge in [0.15, 0.2) is 5.78 Å². The van der Waals surface area contributed by atoms with E-state index in [1.165, 1.54) is 31.4 Å². The van der Waals surface area contributed by atoms with Gasteiger partial charge >= 0.3 is 0 Å². The van der Waals surface area contributed by atoms with Crippen LogP contribution in [0, 0.1) is 0 Å². The standard InChI is InChI=1S/C16H22O2S2/c1-13(17)14-6-8-15(9-7-14)18-11-4-2-3-5-16-10-12-19-20-16/h6-9,16H,2-5,10-12H2,1H3. The Balaban J connectivity index is 1.55. The topological polar surface area (TPSA) is 26.3 Å². The summed E-state index contributed by atoms with van der Waals surface area (Å²) in [6, 6.07) is 7.41. The minimum absolute atomic E-state index is 0.0968. The lowest BCUT2D eigenvalue weighted by Gasteiger charge is -2.08. The number of carbonyl (C=O) groups is 1. The lowest BCUT2D eigenvalue weighted by molar-refractivity contribution is 0.101. The SMILES string of the molecule is CC(=O)c1ccc(OCCCCCC2CCSS2)cc1. The van der Waals surface area contributed by atoms with Gasteiger partial charge in [-0.3, -0.25) is 4.79 Å². The van der Waals surface area contributed by atoms with Crippen molar-refractivity contribution < 1.29 is 9.53 Å². The second-order valence-electron chi connectivity index (χ2n) is 5.11. The van der Waals surface area contributed by atoms with E-state index in [9.17, 15) is 4.79 Å². The summed E-state index contributed by atoms with van der Waals surface area (Å²) in [6.45, 7) is 2.35. The fraction of sp³-hybridized carbons (Fsp3) is 0.562. The number of carbonyl (C=O) groups excluding carboxylic acids is 1. The molecule has 1 atom stereocenters. The molecule has 0 radical (unpaired) electrons. The van der Waals surface area contributed by atoms with Crippen LogP contribution in [0.15, 0.2) is 24.3 Å². The molecule has 20 heavy (non-hydrogen) atoms. The van der Waals surface area contributed by atoms with Crippen LogP contribution in [0.3, 0.4) is 0 Å². The van der Waals surface area contributed by atoms with Gasteiger partial charge in [0.1, 0.15) is 5.75 Å². The molecule has 1 heterocycles. The summed E-state index contributed by atoms with van der Waals surface area (Å²) in [5.41, 5.74) is 0.740. The fourth-order valence-corrected chi connectivity index (χ4v) is 5.22. The van der Waals surface area contributed by atoms with Gasteiger partial charge in [0.05, 0.1) is 6.61 Å². The Kier molecular flexibility index (Phi) is 6.80. The second kappa shape index (κ2) is 8.63. The lowest BCUT2D eigenvalue weighted by Crippen LogP contribution is -2.00. The fourth-order valence-electron chi connectivity index (χ4n) is 2.19. The Bertz CT molecular complexity index is 411. The zero-order valence-electron chi connectivity index (χ0n) is 12.0. The van der Waals surface area contributed by atoms with Crippen molar-refractivity contribution >= 4 is 27.4 Å². The molecule has 0 bridgehead atoms. The van der Waals surface area contributed by atoms with E-state index >= 15 is 0 Å². The average Bonchev–Trinajstić information content (AvgIpc) is 2.96. The minimum Gasteiger partial charge on any atom is -0.494 e. The van der Waals surface area contributed by atoms with Crippen molar-refractivity contribution in [3.05, 3.63) is 29.8 Å². The molecule has 0 aromatic heterocycles. The van der Waals surface area contributed by atoms with E-state index in [-0.39, 0.29) is 5.78 Å². The van der Waals surface area contributed by atoms with E-state index in [4.69, 9.17) is 4.74 Å². The lowest BCUT2D eigenvalue weighted by atomic mass is 10.1. The van der Waals surface area contributed by atoms with Gasteiger partial charge in [-0.15, -0.1) is 0 Å². The van der Waals surface area contributed by atoms with Gasteiger partial charge in [0.25, 0.3) is 0 Å². The van der Waals surface area contributed by atoms with Gasteiger partial charge in [0.2, 0.25) is 0 Å². The maximum atomic E-state index is 11.2. The van der Waals surface area contributed by atoms with E-state index in [1.807, 2.05) is 35.1 Å². The van der Waals surface area contributed by atoms with Crippen molar-refractivity contribution in [1.29, 1.82) is 0 Å². The third-order valence-corrected chi connectivity index (χ3v) is 6.43. The van der Waals surface area contributed by atoms with Gasteiger partial charge < -0.3 is 4.74 Å². The molecule has 1 aromatic carbocycles.